The van der Waals surface area contributed by atoms with E-state index < -0.39 is 22.3 Å². The Hall–Kier alpha value is -3.30. The van der Waals surface area contributed by atoms with Gasteiger partial charge in [0.25, 0.3) is 11.6 Å². The number of hydrogen-bond acceptors (Lipinski definition) is 6. The Labute approximate surface area is 136 Å². The van der Waals surface area contributed by atoms with Crippen LogP contribution in [0.5, 0.6) is 0 Å². The van der Waals surface area contributed by atoms with Gasteiger partial charge in [-0.05, 0) is 26.8 Å². The summed E-state index contributed by atoms with van der Waals surface area (Å²) in [4.78, 5) is 33.6. The first-order chi connectivity index (χ1) is 11.1. The number of aromatic nitrogens is 3. The van der Waals surface area contributed by atoms with Crippen molar-refractivity contribution in [1.29, 1.82) is 0 Å². The minimum Gasteiger partial charge on any atom is -0.480 e. The predicted molar refractivity (Wildman–Crippen MR) is 81.9 cm³/mol. The summed E-state index contributed by atoms with van der Waals surface area (Å²) < 4.78 is 1.27. The van der Waals surface area contributed by atoms with Crippen LogP contribution in [0.4, 0.5) is 5.69 Å². The largest absolute Gasteiger partial charge is 0.480 e. The summed E-state index contributed by atoms with van der Waals surface area (Å²) in [6, 6.07) is 5.70. The fraction of sp³-hybridized carbons (Fsp3) is 0.286. The summed E-state index contributed by atoms with van der Waals surface area (Å²) in [5, 5.41) is 29.8. The molecule has 0 radical (unpaired) electrons. The first-order valence-corrected chi connectivity index (χ1v) is 6.86. The third-order valence-corrected chi connectivity index (χ3v) is 3.36. The van der Waals surface area contributed by atoms with Gasteiger partial charge in [0, 0.05) is 12.1 Å². The Balaban J connectivity index is 2.35. The summed E-state index contributed by atoms with van der Waals surface area (Å²) >= 11 is 0. The van der Waals surface area contributed by atoms with Gasteiger partial charge >= 0.3 is 5.97 Å². The lowest BCUT2D eigenvalue weighted by Crippen LogP contribution is -2.49. The van der Waals surface area contributed by atoms with Crippen molar-refractivity contribution in [3.63, 3.8) is 0 Å². The molecule has 0 aliphatic rings. The molecule has 0 aliphatic carbocycles. The van der Waals surface area contributed by atoms with Crippen molar-refractivity contribution in [2.75, 3.05) is 0 Å². The molecule has 0 atom stereocenters. The zero-order chi connectivity index (χ0) is 18.1. The fourth-order valence-electron chi connectivity index (χ4n) is 1.92. The minimum atomic E-state index is -1.47. The molecule has 126 valence electrons. The number of carboxylic acids is 1. The van der Waals surface area contributed by atoms with Crippen LogP contribution in [0, 0.1) is 17.0 Å². The molecule has 1 heterocycles. The minimum absolute atomic E-state index is 0.0594. The molecule has 10 nitrogen and oxygen atoms in total. The van der Waals surface area contributed by atoms with Crippen LogP contribution in [0.25, 0.3) is 5.69 Å². The van der Waals surface area contributed by atoms with E-state index in [1.165, 1.54) is 36.7 Å². The lowest BCUT2D eigenvalue weighted by Gasteiger charge is -2.20. The van der Waals surface area contributed by atoms with Crippen molar-refractivity contribution in [3.05, 3.63) is 45.8 Å². The number of rotatable bonds is 5. The molecule has 0 spiro atoms. The summed E-state index contributed by atoms with van der Waals surface area (Å²) in [7, 11) is 0. The number of carboxylic acid groups (broad SMARTS) is 1. The highest BCUT2D eigenvalue weighted by atomic mass is 16.6. The standard InChI is InChI=1S/C14H15N5O5/c1-8-11(12(20)15-14(2,3)13(21)22)16-17-18(8)9-5-4-6-10(7-9)19(23)24/h4-7H,1-3H3,(H,15,20)(H,21,22). The third kappa shape index (κ3) is 3.21. The second-order valence-electron chi connectivity index (χ2n) is 5.60. The summed E-state index contributed by atoms with van der Waals surface area (Å²) in [6.07, 6.45) is 0. The smallest absolute Gasteiger partial charge is 0.328 e. The number of carbonyl (C=O) groups excluding carboxylic acids is 1. The lowest BCUT2D eigenvalue weighted by atomic mass is 10.1. The molecular weight excluding hydrogens is 318 g/mol. The van der Waals surface area contributed by atoms with E-state index in [1.54, 1.807) is 13.0 Å². The third-order valence-electron chi connectivity index (χ3n) is 3.36. The van der Waals surface area contributed by atoms with Crippen molar-refractivity contribution in [1.82, 2.24) is 20.3 Å². The van der Waals surface area contributed by atoms with Gasteiger partial charge in [-0.2, -0.15) is 0 Å². The van der Waals surface area contributed by atoms with E-state index in [2.05, 4.69) is 15.6 Å². The number of non-ortho nitro benzene ring substituents is 1. The fourth-order valence-corrected chi connectivity index (χ4v) is 1.92. The van der Waals surface area contributed by atoms with Gasteiger partial charge in [-0.25, -0.2) is 9.48 Å². The molecular formula is C14H15N5O5. The molecule has 2 aromatic rings. The number of amides is 1. The zero-order valence-corrected chi connectivity index (χ0v) is 13.2. The maximum absolute atomic E-state index is 12.2. The van der Waals surface area contributed by atoms with Crippen molar-refractivity contribution in [3.8, 4) is 5.69 Å². The molecule has 0 saturated heterocycles. The number of carbonyl (C=O) groups is 2. The summed E-state index contributed by atoms with van der Waals surface area (Å²) in [6.45, 7) is 4.24. The van der Waals surface area contributed by atoms with E-state index in [0.29, 0.717) is 11.4 Å². The van der Waals surface area contributed by atoms with Crippen molar-refractivity contribution < 1.29 is 19.6 Å². The number of nitrogens with zero attached hydrogens (tertiary/aromatic N) is 4. The van der Waals surface area contributed by atoms with Gasteiger partial charge in [0.15, 0.2) is 5.69 Å². The molecule has 24 heavy (non-hydrogen) atoms. The van der Waals surface area contributed by atoms with Gasteiger partial charge in [0.2, 0.25) is 0 Å². The number of benzene rings is 1. The molecule has 0 bridgehead atoms. The number of nitro benzene ring substituents is 1. The van der Waals surface area contributed by atoms with Crippen LogP contribution < -0.4 is 5.32 Å². The van der Waals surface area contributed by atoms with E-state index in [1.807, 2.05) is 0 Å². The normalized spacial score (nSPS) is 11.1. The monoisotopic (exact) mass is 333 g/mol. The average Bonchev–Trinajstić information content (AvgIpc) is 2.88. The molecule has 1 amide bonds. The Morgan fingerprint density at radius 2 is 2.04 bits per heavy atom. The van der Waals surface area contributed by atoms with Gasteiger partial charge in [-0.3, -0.25) is 14.9 Å². The van der Waals surface area contributed by atoms with E-state index in [4.69, 9.17) is 5.11 Å². The Bertz CT molecular complexity index is 827. The van der Waals surface area contributed by atoms with E-state index >= 15 is 0 Å². The van der Waals surface area contributed by atoms with E-state index in [-0.39, 0.29) is 11.4 Å². The molecule has 0 fully saturated rings. The summed E-state index contributed by atoms with van der Waals surface area (Å²) in [5.41, 5.74) is -0.963. The molecule has 1 aromatic carbocycles. The van der Waals surface area contributed by atoms with Gasteiger partial charge in [-0.15, -0.1) is 5.10 Å². The molecule has 2 N–H and O–H groups in total. The second-order valence-corrected chi connectivity index (χ2v) is 5.60. The van der Waals surface area contributed by atoms with Crippen molar-refractivity contribution in [2.24, 2.45) is 0 Å². The number of hydrogen-bond donors (Lipinski definition) is 2. The molecule has 0 aliphatic heterocycles. The zero-order valence-electron chi connectivity index (χ0n) is 13.2. The summed E-state index contributed by atoms with van der Waals surface area (Å²) in [5.74, 6) is -1.89. The Morgan fingerprint density at radius 1 is 1.38 bits per heavy atom. The molecule has 0 saturated carbocycles. The molecule has 1 aromatic heterocycles. The van der Waals surface area contributed by atoms with Crippen LogP contribution in [0.1, 0.15) is 30.0 Å². The highest BCUT2D eigenvalue weighted by Crippen LogP contribution is 2.18. The quantitative estimate of drug-likeness (QED) is 0.616. The van der Waals surface area contributed by atoms with Gasteiger partial charge in [0.1, 0.15) is 5.54 Å². The van der Waals surface area contributed by atoms with Crippen molar-refractivity contribution in [2.45, 2.75) is 26.3 Å². The molecule has 0 unspecified atom stereocenters. The van der Waals surface area contributed by atoms with Gasteiger partial charge in [0.05, 0.1) is 16.3 Å². The first-order valence-electron chi connectivity index (χ1n) is 6.86. The van der Waals surface area contributed by atoms with Crippen LogP contribution >= 0.6 is 0 Å². The van der Waals surface area contributed by atoms with Crippen LogP contribution in [0.3, 0.4) is 0 Å². The van der Waals surface area contributed by atoms with Crippen LogP contribution in [0.15, 0.2) is 24.3 Å². The average molecular weight is 333 g/mol. The Kier molecular flexibility index (Phi) is 4.31. The van der Waals surface area contributed by atoms with Crippen LogP contribution in [-0.4, -0.2) is 42.4 Å². The SMILES string of the molecule is Cc1c(C(=O)NC(C)(C)C(=O)O)nnn1-c1cccc([N+](=O)[O-])c1. The number of aliphatic carboxylic acids is 1. The van der Waals surface area contributed by atoms with Crippen LogP contribution in [-0.2, 0) is 4.79 Å². The highest BCUT2D eigenvalue weighted by molar-refractivity contribution is 5.96. The first kappa shape index (κ1) is 17.1. The molecule has 10 heteroatoms. The number of nitro groups is 1. The van der Waals surface area contributed by atoms with Crippen molar-refractivity contribution >= 4 is 17.6 Å². The van der Waals surface area contributed by atoms with E-state index in [9.17, 15) is 19.7 Å². The van der Waals surface area contributed by atoms with E-state index in [0.717, 1.165) is 0 Å². The van der Waals surface area contributed by atoms with Gasteiger partial charge in [-0.1, -0.05) is 11.3 Å². The maximum Gasteiger partial charge on any atom is 0.328 e. The molecule has 2 rings (SSSR count). The second kappa shape index (κ2) is 6.07. The topological polar surface area (TPSA) is 140 Å². The van der Waals surface area contributed by atoms with Crippen LogP contribution in [0.2, 0.25) is 0 Å². The lowest BCUT2D eigenvalue weighted by molar-refractivity contribution is -0.384. The maximum atomic E-state index is 12.2. The number of nitrogens with one attached hydrogen (secondary N) is 1. The Morgan fingerprint density at radius 3 is 2.62 bits per heavy atom. The van der Waals surface area contributed by atoms with Gasteiger partial charge < -0.3 is 10.4 Å². The highest BCUT2D eigenvalue weighted by Gasteiger charge is 2.31. The predicted octanol–water partition coefficient (Wildman–Crippen LogP) is 1.08.